The quantitative estimate of drug-likeness (QED) is 0.729. The summed E-state index contributed by atoms with van der Waals surface area (Å²) in [4.78, 5) is 12.5. The summed E-state index contributed by atoms with van der Waals surface area (Å²) < 4.78 is 0. The highest BCUT2D eigenvalue weighted by atomic mass is 16.3. The van der Waals surface area contributed by atoms with Crippen molar-refractivity contribution in [2.75, 3.05) is 0 Å². The number of Topliss-reactive ketones (excluding diaryl/α,β-unsaturated/α-hetero) is 1. The zero-order valence-corrected chi connectivity index (χ0v) is 14.8. The first-order valence-electron chi connectivity index (χ1n) is 9.76. The fourth-order valence-corrected chi connectivity index (χ4v) is 7.50. The van der Waals surface area contributed by atoms with Gasteiger partial charge in [0, 0.05) is 17.8 Å². The lowest BCUT2D eigenvalue weighted by molar-refractivity contribution is -0.148. The Labute approximate surface area is 140 Å². The molecule has 0 aromatic rings. The van der Waals surface area contributed by atoms with Crippen LogP contribution in [-0.4, -0.2) is 17.0 Å². The molecule has 4 rings (SSSR count). The van der Waals surface area contributed by atoms with E-state index in [1.54, 1.807) is 0 Å². The third kappa shape index (κ3) is 2.00. The van der Waals surface area contributed by atoms with Crippen LogP contribution in [0.3, 0.4) is 0 Å². The van der Waals surface area contributed by atoms with Gasteiger partial charge in [0.25, 0.3) is 0 Å². The minimum absolute atomic E-state index is 0.0175. The maximum atomic E-state index is 12.5. The lowest BCUT2D eigenvalue weighted by atomic mass is 9.43. The van der Waals surface area contributed by atoms with Gasteiger partial charge < -0.3 is 5.11 Å². The van der Waals surface area contributed by atoms with Crippen LogP contribution < -0.4 is 0 Å². The highest BCUT2D eigenvalue weighted by molar-refractivity contribution is 5.87. The van der Waals surface area contributed by atoms with Crippen LogP contribution in [0.1, 0.15) is 65.2 Å². The summed E-state index contributed by atoms with van der Waals surface area (Å²) in [6, 6.07) is 0. The Morgan fingerprint density at radius 1 is 1.04 bits per heavy atom. The Kier molecular flexibility index (Phi) is 3.58. The molecule has 2 heteroatoms. The Morgan fingerprint density at radius 3 is 2.57 bits per heavy atom. The summed E-state index contributed by atoms with van der Waals surface area (Å²) in [5, 5.41) is 10.4. The van der Waals surface area contributed by atoms with Crippen molar-refractivity contribution in [1.82, 2.24) is 0 Å². The molecule has 0 heterocycles. The molecule has 0 bridgehead atoms. The topological polar surface area (TPSA) is 37.3 Å². The average Bonchev–Trinajstić information content (AvgIpc) is 2.83. The molecule has 0 amide bonds. The molecule has 0 spiro atoms. The van der Waals surface area contributed by atoms with Crippen molar-refractivity contribution in [2.24, 2.45) is 40.4 Å². The third-order valence-electron chi connectivity index (χ3n) is 8.81. The van der Waals surface area contributed by atoms with Crippen molar-refractivity contribution in [2.45, 2.75) is 71.3 Å². The molecule has 0 aromatic heterocycles. The first kappa shape index (κ1) is 15.9. The number of aliphatic hydroxyl groups excluding tert-OH is 1. The minimum atomic E-state index is -0.191. The molecular formula is C21H32O2. The van der Waals surface area contributed by atoms with Gasteiger partial charge in [-0.05, 0) is 74.0 Å². The van der Waals surface area contributed by atoms with Crippen LogP contribution in [0.5, 0.6) is 0 Å². The zero-order valence-electron chi connectivity index (χ0n) is 14.8. The standard InChI is InChI=1S/C21H32O2/c1-4-13-15-6-5-14-16-7-8-19(23)21(16,3)11-9-17(14)20(15,2)12-10-18(13)22/h4,13-18,22H,1,5-12H2,2-3H3/t13?,14-,15?,16-,17+,18?,20-,21-/m0/s1. The predicted molar refractivity (Wildman–Crippen MR) is 91.8 cm³/mol. The Bertz CT molecular complexity index is 526. The fourth-order valence-electron chi connectivity index (χ4n) is 7.50. The molecule has 3 unspecified atom stereocenters. The molecule has 0 aromatic carbocycles. The monoisotopic (exact) mass is 316 g/mol. The van der Waals surface area contributed by atoms with E-state index in [4.69, 9.17) is 0 Å². The van der Waals surface area contributed by atoms with E-state index in [1.165, 1.54) is 19.3 Å². The molecular weight excluding hydrogens is 284 g/mol. The second kappa shape index (κ2) is 5.18. The van der Waals surface area contributed by atoms with Gasteiger partial charge in [0.1, 0.15) is 5.78 Å². The maximum absolute atomic E-state index is 12.5. The lowest BCUT2D eigenvalue weighted by Gasteiger charge is -2.61. The largest absolute Gasteiger partial charge is 0.393 e. The Balaban J connectivity index is 1.66. The second-order valence-electron chi connectivity index (χ2n) is 9.40. The van der Waals surface area contributed by atoms with Crippen LogP contribution in [0.4, 0.5) is 0 Å². The summed E-state index contributed by atoms with van der Waals surface area (Å²) in [6.07, 6.45) is 10.7. The first-order chi connectivity index (χ1) is 10.9. The highest BCUT2D eigenvalue weighted by Gasteiger charge is 2.61. The molecule has 23 heavy (non-hydrogen) atoms. The second-order valence-corrected chi connectivity index (χ2v) is 9.40. The molecule has 0 aliphatic heterocycles. The van der Waals surface area contributed by atoms with Gasteiger partial charge in [-0.25, -0.2) is 0 Å². The Morgan fingerprint density at radius 2 is 1.83 bits per heavy atom. The van der Waals surface area contributed by atoms with Crippen molar-refractivity contribution < 1.29 is 9.90 Å². The molecule has 128 valence electrons. The van der Waals surface area contributed by atoms with Gasteiger partial charge in [0.2, 0.25) is 0 Å². The van der Waals surface area contributed by atoms with Crippen LogP contribution in [0, 0.1) is 40.4 Å². The zero-order chi connectivity index (χ0) is 16.4. The number of fused-ring (bicyclic) bond motifs is 5. The van der Waals surface area contributed by atoms with E-state index in [0.717, 1.165) is 43.9 Å². The van der Waals surface area contributed by atoms with E-state index in [2.05, 4.69) is 20.4 Å². The van der Waals surface area contributed by atoms with Gasteiger partial charge in [-0.3, -0.25) is 4.79 Å². The van der Waals surface area contributed by atoms with Gasteiger partial charge in [-0.2, -0.15) is 0 Å². The van der Waals surface area contributed by atoms with Crippen LogP contribution in [-0.2, 0) is 4.79 Å². The van der Waals surface area contributed by atoms with Crippen LogP contribution in [0.2, 0.25) is 0 Å². The summed E-state index contributed by atoms with van der Waals surface area (Å²) in [6.45, 7) is 8.79. The number of aliphatic hydroxyl groups is 1. The molecule has 8 atom stereocenters. The number of carbonyl (C=O) groups is 1. The van der Waals surface area contributed by atoms with E-state index < -0.39 is 0 Å². The predicted octanol–water partition coefficient (Wildman–Crippen LogP) is 4.37. The van der Waals surface area contributed by atoms with Crippen LogP contribution >= 0.6 is 0 Å². The number of hydrogen-bond donors (Lipinski definition) is 1. The van der Waals surface area contributed by atoms with Gasteiger partial charge in [-0.15, -0.1) is 6.58 Å². The average molecular weight is 316 g/mol. The number of hydrogen-bond acceptors (Lipinski definition) is 2. The molecule has 0 radical (unpaired) electrons. The van der Waals surface area contributed by atoms with Gasteiger partial charge in [0.15, 0.2) is 0 Å². The van der Waals surface area contributed by atoms with Crippen molar-refractivity contribution >= 4 is 5.78 Å². The summed E-state index contributed by atoms with van der Waals surface area (Å²) in [7, 11) is 0. The molecule has 4 saturated carbocycles. The maximum Gasteiger partial charge on any atom is 0.139 e. The molecule has 0 saturated heterocycles. The molecule has 4 aliphatic carbocycles. The molecule has 4 fully saturated rings. The van der Waals surface area contributed by atoms with Gasteiger partial charge in [-0.1, -0.05) is 19.9 Å². The van der Waals surface area contributed by atoms with E-state index in [1.807, 2.05) is 6.08 Å². The summed E-state index contributed by atoms with van der Waals surface area (Å²) in [5.74, 6) is 3.51. The van der Waals surface area contributed by atoms with Crippen molar-refractivity contribution in [3.8, 4) is 0 Å². The molecule has 1 N–H and O–H groups in total. The van der Waals surface area contributed by atoms with Crippen molar-refractivity contribution in [3.05, 3.63) is 12.7 Å². The summed E-state index contributed by atoms with van der Waals surface area (Å²) >= 11 is 0. The Hall–Kier alpha value is -0.630. The molecule has 2 nitrogen and oxygen atoms in total. The van der Waals surface area contributed by atoms with E-state index in [9.17, 15) is 9.90 Å². The smallest absolute Gasteiger partial charge is 0.139 e. The molecule has 4 aliphatic rings. The van der Waals surface area contributed by atoms with Gasteiger partial charge in [0.05, 0.1) is 6.10 Å². The van der Waals surface area contributed by atoms with Crippen molar-refractivity contribution in [1.29, 1.82) is 0 Å². The summed E-state index contributed by atoms with van der Waals surface area (Å²) in [5.41, 5.74) is 0.324. The van der Waals surface area contributed by atoms with Crippen LogP contribution in [0.15, 0.2) is 12.7 Å². The van der Waals surface area contributed by atoms with Crippen molar-refractivity contribution in [3.63, 3.8) is 0 Å². The minimum Gasteiger partial charge on any atom is -0.393 e. The number of rotatable bonds is 1. The third-order valence-corrected chi connectivity index (χ3v) is 8.81. The lowest BCUT2D eigenvalue weighted by Crippen LogP contribution is -2.56. The fraction of sp³-hybridized carbons (Fsp3) is 0.857. The number of ketones is 1. The van der Waals surface area contributed by atoms with E-state index in [-0.39, 0.29) is 17.4 Å². The first-order valence-corrected chi connectivity index (χ1v) is 9.76. The van der Waals surface area contributed by atoms with E-state index in [0.29, 0.717) is 23.0 Å². The highest BCUT2D eigenvalue weighted by Crippen LogP contribution is 2.66. The van der Waals surface area contributed by atoms with E-state index >= 15 is 0 Å². The normalized spacial score (nSPS) is 55.7. The van der Waals surface area contributed by atoms with Crippen LogP contribution in [0.25, 0.3) is 0 Å². The SMILES string of the molecule is C=CC1C(O)CC[C@@]2(C)C1CC[C@@H]1[C@H]2CC[C@]2(C)C(=O)CC[C@@H]12. The van der Waals surface area contributed by atoms with Gasteiger partial charge >= 0.3 is 0 Å². The number of carbonyl (C=O) groups excluding carboxylic acids is 1.